The number of hydrogen-bond donors (Lipinski definition) is 1. The van der Waals surface area contributed by atoms with Crippen molar-refractivity contribution in [1.82, 2.24) is 10.2 Å². The molecule has 0 aromatic rings. The summed E-state index contributed by atoms with van der Waals surface area (Å²) in [5.41, 5.74) is -1.60. The van der Waals surface area contributed by atoms with Crippen molar-refractivity contribution in [3.63, 3.8) is 0 Å². The van der Waals surface area contributed by atoms with Gasteiger partial charge in [-0.15, -0.1) is 0 Å². The number of nitrogens with zero attached hydrogens (tertiary/aromatic N) is 1. The van der Waals surface area contributed by atoms with Gasteiger partial charge in [0.25, 0.3) is 0 Å². The van der Waals surface area contributed by atoms with Crippen molar-refractivity contribution in [2.45, 2.75) is 63.5 Å². The molecule has 5 heteroatoms. The highest BCUT2D eigenvalue weighted by atomic mass is 19.1. The Labute approximate surface area is 113 Å². The van der Waals surface area contributed by atoms with E-state index in [1.54, 1.807) is 18.7 Å². The largest absolute Gasteiger partial charge is 0.340 e. The Morgan fingerprint density at radius 1 is 1.21 bits per heavy atom. The molecule has 1 aliphatic carbocycles. The number of nitrogens with one attached hydrogen (secondary N) is 1. The van der Waals surface area contributed by atoms with E-state index in [-0.39, 0.29) is 11.8 Å². The second-order valence-electron chi connectivity index (χ2n) is 6.17. The lowest BCUT2D eigenvalue weighted by atomic mass is 9.76. The van der Waals surface area contributed by atoms with Crippen LogP contribution in [0.25, 0.3) is 0 Å². The number of carbonyl (C=O) groups excluding carboxylic acids is 2. The SMILES string of the molecule is CC1(C)NC(=O)C2(CCCCC2)N(CCCF)C1=O. The van der Waals surface area contributed by atoms with Crippen molar-refractivity contribution in [3.05, 3.63) is 0 Å². The van der Waals surface area contributed by atoms with Gasteiger partial charge in [0.2, 0.25) is 11.8 Å². The lowest BCUT2D eigenvalue weighted by Crippen LogP contribution is -2.74. The van der Waals surface area contributed by atoms with E-state index in [9.17, 15) is 14.0 Å². The third-order valence-electron chi connectivity index (χ3n) is 4.34. The molecule has 1 aliphatic heterocycles. The van der Waals surface area contributed by atoms with E-state index >= 15 is 0 Å². The van der Waals surface area contributed by atoms with E-state index in [0.717, 1.165) is 19.3 Å². The summed E-state index contributed by atoms with van der Waals surface area (Å²) >= 11 is 0. The van der Waals surface area contributed by atoms with E-state index in [0.29, 0.717) is 25.8 Å². The van der Waals surface area contributed by atoms with E-state index in [2.05, 4.69) is 5.32 Å². The topological polar surface area (TPSA) is 49.4 Å². The van der Waals surface area contributed by atoms with Crippen LogP contribution in [-0.4, -0.2) is 41.0 Å². The Bertz CT molecular complexity index is 376. The van der Waals surface area contributed by atoms with Crippen LogP contribution < -0.4 is 5.32 Å². The van der Waals surface area contributed by atoms with E-state index in [1.807, 2.05) is 0 Å². The molecule has 0 atom stereocenters. The first-order chi connectivity index (χ1) is 8.94. The molecule has 1 spiro atoms. The predicted octanol–water partition coefficient (Wildman–Crippen LogP) is 1.79. The van der Waals surface area contributed by atoms with Crippen LogP contribution in [0.15, 0.2) is 0 Å². The highest BCUT2D eigenvalue weighted by Crippen LogP contribution is 2.38. The normalized spacial score (nSPS) is 25.5. The molecule has 0 unspecified atom stereocenters. The Balaban J connectivity index is 2.32. The summed E-state index contributed by atoms with van der Waals surface area (Å²) in [6.07, 6.45) is 4.71. The maximum atomic E-state index is 12.6. The molecule has 1 N–H and O–H groups in total. The van der Waals surface area contributed by atoms with Gasteiger partial charge in [0.15, 0.2) is 0 Å². The zero-order valence-corrected chi connectivity index (χ0v) is 11.8. The second-order valence-corrected chi connectivity index (χ2v) is 6.17. The fourth-order valence-corrected chi connectivity index (χ4v) is 3.28. The molecule has 4 nitrogen and oxygen atoms in total. The molecular formula is C14H23FN2O2. The lowest BCUT2D eigenvalue weighted by molar-refractivity contribution is -0.164. The maximum Gasteiger partial charge on any atom is 0.248 e. The second kappa shape index (κ2) is 5.10. The summed E-state index contributed by atoms with van der Waals surface area (Å²) in [5, 5.41) is 2.85. The summed E-state index contributed by atoms with van der Waals surface area (Å²) < 4.78 is 12.5. The first-order valence-corrected chi connectivity index (χ1v) is 7.15. The number of hydrogen-bond acceptors (Lipinski definition) is 2. The molecule has 0 bridgehead atoms. The van der Waals surface area contributed by atoms with E-state index in [4.69, 9.17) is 0 Å². The molecule has 2 fully saturated rings. The van der Waals surface area contributed by atoms with Crippen LogP contribution in [0.2, 0.25) is 0 Å². The first-order valence-electron chi connectivity index (χ1n) is 7.15. The summed E-state index contributed by atoms with van der Waals surface area (Å²) in [5.74, 6) is -0.141. The van der Waals surface area contributed by atoms with Crippen LogP contribution in [0.3, 0.4) is 0 Å². The van der Waals surface area contributed by atoms with Crippen molar-refractivity contribution >= 4 is 11.8 Å². The van der Waals surface area contributed by atoms with Crippen molar-refractivity contribution in [1.29, 1.82) is 0 Å². The summed E-state index contributed by atoms with van der Waals surface area (Å²) in [6.45, 7) is 3.31. The summed E-state index contributed by atoms with van der Waals surface area (Å²) in [6, 6.07) is 0. The third kappa shape index (κ3) is 2.35. The zero-order valence-electron chi connectivity index (χ0n) is 11.8. The molecule has 2 aliphatic rings. The Kier molecular flexibility index (Phi) is 3.83. The minimum absolute atomic E-state index is 0.0596. The summed E-state index contributed by atoms with van der Waals surface area (Å²) in [7, 11) is 0. The number of halogens is 1. The fraction of sp³-hybridized carbons (Fsp3) is 0.857. The molecular weight excluding hydrogens is 247 g/mol. The van der Waals surface area contributed by atoms with Gasteiger partial charge >= 0.3 is 0 Å². The monoisotopic (exact) mass is 270 g/mol. The molecule has 2 amide bonds. The fourth-order valence-electron chi connectivity index (χ4n) is 3.28. The highest BCUT2D eigenvalue weighted by Gasteiger charge is 2.54. The van der Waals surface area contributed by atoms with Gasteiger partial charge in [0.1, 0.15) is 11.1 Å². The quantitative estimate of drug-likeness (QED) is 0.850. The minimum Gasteiger partial charge on any atom is -0.340 e. The lowest BCUT2D eigenvalue weighted by Gasteiger charge is -2.52. The number of rotatable bonds is 3. The van der Waals surface area contributed by atoms with Crippen molar-refractivity contribution in [2.75, 3.05) is 13.2 Å². The number of amides is 2. The summed E-state index contributed by atoms with van der Waals surface area (Å²) in [4.78, 5) is 26.7. The average Bonchev–Trinajstić information content (AvgIpc) is 2.38. The molecule has 2 rings (SSSR count). The van der Waals surface area contributed by atoms with Crippen molar-refractivity contribution in [3.8, 4) is 0 Å². The molecule has 19 heavy (non-hydrogen) atoms. The molecule has 1 saturated carbocycles. The highest BCUT2D eigenvalue weighted by molar-refractivity contribution is 6.01. The molecule has 1 heterocycles. The number of carbonyl (C=O) groups is 2. The van der Waals surface area contributed by atoms with Crippen LogP contribution in [0.1, 0.15) is 52.4 Å². The van der Waals surface area contributed by atoms with Crippen molar-refractivity contribution in [2.24, 2.45) is 0 Å². The Hall–Kier alpha value is -1.13. The van der Waals surface area contributed by atoms with Gasteiger partial charge in [-0.1, -0.05) is 19.3 Å². The van der Waals surface area contributed by atoms with Gasteiger partial charge in [0.05, 0.1) is 6.67 Å². The zero-order chi connectivity index (χ0) is 14.1. The molecule has 0 aromatic carbocycles. The third-order valence-corrected chi connectivity index (χ3v) is 4.34. The molecule has 0 aromatic heterocycles. The van der Waals surface area contributed by atoms with Gasteiger partial charge in [-0.2, -0.15) is 0 Å². The van der Waals surface area contributed by atoms with E-state index < -0.39 is 17.8 Å². The Morgan fingerprint density at radius 2 is 1.84 bits per heavy atom. The van der Waals surface area contributed by atoms with Gasteiger partial charge in [-0.05, 0) is 33.1 Å². The standard InChI is InChI=1S/C14H23FN2O2/c1-13(2)12(19)17(10-6-9-15)14(11(18)16-13)7-4-3-5-8-14/h3-10H2,1-2H3,(H,16,18). The van der Waals surface area contributed by atoms with Gasteiger partial charge in [-0.25, -0.2) is 0 Å². The molecule has 0 radical (unpaired) electrons. The van der Waals surface area contributed by atoms with Crippen LogP contribution in [0.5, 0.6) is 0 Å². The maximum absolute atomic E-state index is 12.6. The number of alkyl halides is 1. The minimum atomic E-state index is -0.879. The van der Waals surface area contributed by atoms with Crippen LogP contribution in [0.4, 0.5) is 4.39 Å². The molecule has 108 valence electrons. The predicted molar refractivity (Wildman–Crippen MR) is 70.3 cm³/mol. The van der Waals surface area contributed by atoms with Crippen molar-refractivity contribution < 1.29 is 14.0 Å². The van der Waals surface area contributed by atoms with Crippen LogP contribution in [-0.2, 0) is 9.59 Å². The Morgan fingerprint density at radius 3 is 2.42 bits per heavy atom. The number of piperazine rings is 1. The smallest absolute Gasteiger partial charge is 0.248 e. The van der Waals surface area contributed by atoms with E-state index in [1.165, 1.54) is 0 Å². The molecule has 1 saturated heterocycles. The van der Waals surface area contributed by atoms with Gasteiger partial charge in [-0.3, -0.25) is 14.0 Å². The van der Waals surface area contributed by atoms with Crippen LogP contribution in [0, 0.1) is 0 Å². The first kappa shape index (κ1) is 14.3. The van der Waals surface area contributed by atoms with Gasteiger partial charge in [0, 0.05) is 6.54 Å². The van der Waals surface area contributed by atoms with Crippen LogP contribution >= 0.6 is 0 Å². The van der Waals surface area contributed by atoms with Gasteiger partial charge < -0.3 is 10.2 Å². The average molecular weight is 270 g/mol.